The van der Waals surface area contributed by atoms with Gasteiger partial charge in [0, 0.05) is 5.56 Å². The van der Waals surface area contributed by atoms with Crippen LogP contribution in [0.3, 0.4) is 0 Å². The van der Waals surface area contributed by atoms with Crippen LogP contribution >= 0.6 is 0 Å². The Hall–Kier alpha value is -2.80. The smallest absolute Gasteiger partial charge is 0.336 e. The van der Waals surface area contributed by atoms with Crippen molar-refractivity contribution >= 4 is 5.97 Å². The minimum Gasteiger partial charge on any atom is -0.478 e. The number of carboxylic acids is 1. The summed E-state index contributed by atoms with van der Waals surface area (Å²) in [5.41, 5.74) is 1.12. The first-order chi connectivity index (χ1) is 9.13. The van der Waals surface area contributed by atoms with E-state index in [1.807, 2.05) is 6.07 Å². The van der Waals surface area contributed by atoms with Crippen molar-refractivity contribution in [1.82, 2.24) is 0 Å². The van der Waals surface area contributed by atoms with Gasteiger partial charge in [-0.1, -0.05) is 18.2 Å². The summed E-state index contributed by atoms with van der Waals surface area (Å²) in [6.45, 7) is 1.67. The second-order valence-electron chi connectivity index (χ2n) is 3.94. The van der Waals surface area contributed by atoms with Crippen LogP contribution in [0.15, 0.2) is 42.5 Å². The van der Waals surface area contributed by atoms with Crippen LogP contribution in [0.25, 0.3) is 0 Å². The fourth-order valence-electron chi connectivity index (χ4n) is 1.72. The fraction of sp³-hybridized carbons (Fsp3) is 0.0667. The number of ether oxygens (including phenoxy) is 1. The van der Waals surface area contributed by atoms with Gasteiger partial charge in [0.1, 0.15) is 17.6 Å². The number of aromatic carboxylic acids is 1. The molecule has 0 saturated heterocycles. The number of carbonyl (C=O) groups is 1. The number of para-hydroxylation sites is 1. The highest BCUT2D eigenvalue weighted by Crippen LogP contribution is 2.29. The van der Waals surface area contributed by atoms with Gasteiger partial charge < -0.3 is 9.84 Å². The molecule has 0 bridgehead atoms. The molecule has 94 valence electrons. The first-order valence-corrected chi connectivity index (χ1v) is 5.63. The predicted octanol–water partition coefficient (Wildman–Crippen LogP) is 3.36. The van der Waals surface area contributed by atoms with Crippen molar-refractivity contribution in [2.24, 2.45) is 0 Å². The zero-order valence-corrected chi connectivity index (χ0v) is 10.3. The number of carboxylic acid groups (broad SMARTS) is 1. The lowest BCUT2D eigenvalue weighted by Crippen LogP contribution is -2.01. The molecule has 0 spiro atoms. The summed E-state index contributed by atoms with van der Waals surface area (Å²) in [6.07, 6.45) is 0. The minimum absolute atomic E-state index is 0.187. The Morgan fingerprint density at radius 3 is 2.53 bits per heavy atom. The Labute approximate surface area is 110 Å². The first kappa shape index (κ1) is 12.7. The SMILES string of the molecule is Cc1c(Oc2ccccc2C#N)cccc1C(=O)O. The van der Waals surface area contributed by atoms with Crippen LogP contribution in [0.4, 0.5) is 0 Å². The van der Waals surface area contributed by atoms with Gasteiger partial charge in [-0.15, -0.1) is 0 Å². The third-order valence-corrected chi connectivity index (χ3v) is 2.74. The van der Waals surface area contributed by atoms with Gasteiger partial charge in [-0.05, 0) is 31.2 Å². The molecule has 2 aromatic rings. The van der Waals surface area contributed by atoms with Crippen LogP contribution in [0.2, 0.25) is 0 Å². The molecule has 4 nitrogen and oxygen atoms in total. The summed E-state index contributed by atoms with van der Waals surface area (Å²) in [7, 11) is 0. The number of hydrogen-bond acceptors (Lipinski definition) is 3. The summed E-state index contributed by atoms with van der Waals surface area (Å²) in [4.78, 5) is 11.0. The monoisotopic (exact) mass is 253 g/mol. The maximum atomic E-state index is 11.0. The molecule has 1 N–H and O–H groups in total. The van der Waals surface area contributed by atoms with Crippen molar-refractivity contribution < 1.29 is 14.6 Å². The molecule has 0 radical (unpaired) electrons. The number of benzene rings is 2. The van der Waals surface area contributed by atoms with Gasteiger partial charge in [-0.25, -0.2) is 4.79 Å². The third kappa shape index (κ3) is 2.55. The van der Waals surface area contributed by atoms with E-state index < -0.39 is 5.97 Å². The summed E-state index contributed by atoms with van der Waals surface area (Å²) < 4.78 is 5.64. The number of nitriles is 1. The number of rotatable bonds is 3. The second-order valence-corrected chi connectivity index (χ2v) is 3.94. The van der Waals surface area contributed by atoms with E-state index in [2.05, 4.69) is 0 Å². The molecule has 0 aromatic heterocycles. The molecule has 0 saturated carbocycles. The number of hydrogen-bond donors (Lipinski definition) is 1. The zero-order chi connectivity index (χ0) is 13.8. The standard InChI is InChI=1S/C15H11NO3/c1-10-12(15(17)18)6-4-8-13(10)19-14-7-3-2-5-11(14)9-16/h2-8H,1H3,(H,17,18). The lowest BCUT2D eigenvalue weighted by atomic mass is 10.1. The molecule has 0 fully saturated rings. The van der Waals surface area contributed by atoms with Gasteiger partial charge in [0.15, 0.2) is 0 Å². The predicted molar refractivity (Wildman–Crippen MR) is 69.4 cm³/mol. The number of nitrogens with zero attached hydrogens (tertiary/aromatic N) is 1. The van der Waals surface area contributed by atoms with Crippen LogP contribution in [-0.2, 0) is 0 Å². The van der Waals surface area contributed by atoms with E-state index in [4.69, 9.17) is 15.1 Å². The molecule has 4 heteroatoms. The van der Waals surface area contributed by atoms with E-state index in [0.717, 1.165) is 0 Å². The van der Waals surface area contributed by atoms with Gasteiger partial charge >= 0.3 is 5.97 Å². The summed E-state index contributed by atoms with van der Waals surface area (Å²) in [5, 5.41) is 18.0. The molecule has 2 aromatic carbocycles. The maximum absolute atomic E-state index is 11.0. The highest BCUT2D eigenvalue weighted by molar-refractivity contribution is 5.90. The van der Waals surface area contributed by atoms with E-state index in [1.165, 1.54) is 6.07 Å². The van der Waals surface area contributed by atoms with Crippen molar-refractivity contribution in [3.63, 3.8) is 0 Å². The third-order valence-electron chi connectivity index (χ3n) is 2.74. The van der Waals surface area contributed by atoms with Gasteiger partial charge in [-0.2, -0.15) is 5.26 Å². The lowest BCUT2D eigenvalue weighted by Gasteiger charge is -2.11. The summed E-state index contributed by atoms with van der Waals surface area (Å²) in [6, 6.07) is 13.6. The van der Waals surface area contributed by atoms with Gasteiger partial charge in [-0.3, -0.25) is 0 Å². The Morgan fingerprint density at radius 1 is 1.16 bits per heavy atom. The van der Waals surface area contributed by atoms with Crippen molar-refractivity contribution in [2.45, 2.75) is 6.92 Å². The lowest BCUT2D eigenvalue weighted by molar-refractivity contribution is 0.0695. The van der Waals surface area contributed by atoms with Crippen molar-refractivity contribution in [3.05, 3.63) is 59.2 Å². The van der Waals surface area contributed by atoms with E-state index in [9.17, 15) is 4.79 Å². The van der Waals surface area contributed by atoms with Crippen LogP contribution in [0.5, 0.6) is 11.5 Å². The molecule has 0 atom stereocenters. The van der Waals surface area contributed by atoms with Gasteiger partial charge in [0.25, 0.3) is 0 Å². The van der Waals surface area contributed by atoms with E-state index in [-0.39, 0.29) is 5.56 Å². The summed E-state index contributed by atoms with van der Waals surface area (Å²) >= 11 is 0. The van der Waals surface area contributed by atoms with Crippen molar-refractivity contribution in [1.29, 1.82) is 5.26 Å². The summed E-state index contributed by atoms with van der Waals surface area (Å²) in [5.74, 6) is -0.158. The average molecular weight is 253 g/mol. The molecule has 0 aliphatic carbocycles. The molecule has 0 unspecified atom stereocenters. The molecule has 2 rings (SSSR count). The van der Waals surface area contributed by atoms with Gasteiger partial charge in [0.2, 0.25) is 0 Å². The fourth-order valence-corrected chi connectivity index (χ4v) is 1.72. The maximum Gasteiger partial charge on any atom is 0.336 e. The second kappa shape index (κ2) is 5.23. The highest BCUT2D eigenvalue weighted by Gasteiger charge is 2.12. The molecular weight excluding hydrogens is 242 g/mol. The molecule has 0 heterocycles. The van der Waals surface area contributed by atoms with E-state index in [1.54, 1.807) is 43.3 Å². The van der Waals surface area contributed by atoms with Crippen LogP contribution in [-0.4, -0.2) is 11.1 Å². The Balaban J connectivity index is 2.42. The van der Waals surface area contributed by atoms with Crippen LogP contribution in [0.1, 0.15) is 21.5 Å². The normalized spacial score (nSPS) is 9.68. The first-order valence-electron chi connectivity index (χ1n) is 5.63. The van der Waals surface area contributed by atoms with Crippen LogP contribution in [0, 0.1) is 18.3 Å². The molecule has 0 aliphatic rings. The molecule has 0 aliphatic heterocycles. The van der Waals surface area contributed by atoms with Crippen LogP contribution < -0.4 is 4.74 Å². The quantitative estimate of drug-likeness (QED) is 0.910. The Morgan fingerprint density at radius 2 is 1.84 bits per heavy atom. The van der Waals surface area contributed by atoms with Crippen molar-refractivity contribution in [2.75, 3.05) is 0 Å². The Kier molecular flexibility index (Phi) is 3.48. The molecule has 19 heavy (non-hydrogen) atoms. The Bertz CT molecular complexity index is 671. The zero-order valence-electron chi connectivity index (χ0n) is 10.3. The molecular formula is C15H11NO3. The van der Waals surface area contributed by atoms with Gasteiger partial charge in [0.05, 0.1) is 11.1 Å². The molecule has 0 amide bonds. The minimum atomic E-state index is -1.00. The van der Waals surface area contributed by atoms with E-state index >= 15 is 0 Å². The topological polar surface area (TPSA) is 70.3 Å². The average Bonchev–Trinajstić information content (AvgIpc) is 2.41. The van der Waals surface area contributed by atoms with Crippen molar-refractivity contribution in [3.8, 4) is 17.6 Å². The highest BCUT2D eigenvalue weighted by atomic mass is 16.5. The largest absolute Gasteiger partial charge is 0.478 e. The van der Waals surface area contributed by atoms with E-state index in [0.29, 0.717) is 22.6 Å².